The minimum Gasteiger partial charge on any atom is -0.392 e. The molecule has 0 aromatic carbocycles. The lowest BCUT2D eigenvalue weighted by molar-refractivity contribution is -0.125. The van der Waals surface area contributed by atoms with Crippen LogP contribution in [0.15, 0.2) is 0 Å². The molecular formula is C48H97N11O4. The smallest absolute Gasteiger partial charge is 0.241 e. The van der Waals surface area contributed by atoms with Gasteiger partial charge in [-0.3, -0.25) is 34.6 Å². The molecule has 1 amide bonds. The summed E-state index contributed by atoms with van der Waals surface area (Å²) in [5.74, 6) is 0.195. The van der Waals surface area contributed by atoms with E-state index in [9.17, 15) is 9.90 Å². The van der Waals surface area contributed by atoms with E-state index in [-0.39, 0.29) is 17.6 Å². The number of carbonyl (C=O) groups excluding carboxylic acids is 1. The molecule has 1 spiro atoms. The van der Waals surface area contributed by atoms with E-state index in [0.717, 1.165) is 97.4 Å². The van der Waals surface area contributed by atoms with Gasteiger partial charge in [-0.25, -0.2) is 0 Å². The van der Waals surface area contributed by atoms with E-state index in [0.29, 0.717) is 61.2 Å². The highest BCUT2D eigenvalue weighted by Crippen LogP contribution is 2.26. The van der Waals surface area contributed by atoms with E-state index >= 15 is 0 Å². The average Bonchev–Trinajstić information content (AvgIpc) is 3.83. The number of hydrogen-bond acceptors (Lipinski definition) is 14. The second-order valence-electron chi connectivity index (χ2n) is 21.3. The first-order valence-electron chi connectivity index (χ1n) is 25.6. The molecule has 9 aliphatic heterocycles. The molecule has 0 radical (unpaired) electrons. The number of nitrogens with zero attached hydrogens (tertiary/aromatic N) is 7. The lowest BCUT2D eigenvalue weighted by Gasteiger charge is -2.43. The number of fused-ring (bicyclic) bond motifs is 3. The van der Waals surface area contributed by atoms with Crippen LogP contribution in [-0.4, -0.2) is 249 Å². The molecule has 15 heteroatoms. The number of nitrogens with one attached hydrogen (secondary N) is 4. The predicted molar refractivity (Wildman–Crippen MR) is 257 cm³/mol. The molecule has 9 saturated heterocycles. The van der Waals surface area contributed by atoms with Crippen molar-refractivity contribution in [2.75, 3.05) is 132 Å². The number of amides is 1. The third-order valence-corrected chi connectivity index (χ3v) is 15.4. The number of rotatable bonds is 5. The van der Waals surface area contributed by atoms with Gasteiger partial charge in [0.2, 0.25) is 5.91 Å². The highest BCUT2D eigenvalue weighted by atomic mass is 16.5. The number of morpholine rings is 2. The maximum absolute atomic E-state index is 11.6. The molecule has 0 saturated carbocycles. The van der Waals surface area contributed by atoms with Crippen LogP contribution >= 0.6 is 0 Å². The van der Waals surface area contributed by atoms with Gasteiger partial charge in [-0.1, -0.05) is 0 Å². The molecule has 9 rings (SSSR count). The van der Waals surface area contributed by atoms with Crippen molar-refractivity contribution >= 4 is 5.91 Å². The Balaban J connectivity index is 0.000000149. The summed E-state index contributed by atoms with van der Waals surface area (Å²) in [7, 11) is 2.19. The molecule has 0 aromatic rings. The first-order chi connectivity index (χ1) is 30.0. The first kappa shape index (κ1) is 52.9. The molecular weight excluding hydrogens is 795 g/mol. The Bertz CT molecular complexity index is 1230. The van der Waals surface area contributed by atoms with Gasteiger partial charge < -0.3 is 40.3 Å². The third kappa shape index (κ3) is 16.0. The quantitative estimate of drug-likeness (QED) is 0.275. The van der Waals surface area contributed by atoms with Crippen LogP contribution in [-0.2, 0) is 14.3 Å². The van der Waals surface area contributed by atoms with Crippen molar-refractivity contribution < 1.29 is 19.4 Å². The van der Waals surface area contributed by atoms with Crippen LogP contribution in [0.5, 0.6) is 0 Å². The molecule has 0 unspecified atom stereocenters. The van der Waals surface area contributed by atoms with Gasteiger partial charge in [0.1, 0.15) is 5.54 Å². The molecule has 6 atom stereocenters. The van der Waals surface area contributed by atoms with Crippen LogP contribution in [0.4, 0.5) is 0 Å². The molecule has 9 fully saturated rings. The summed E-state index contributed by atoms with van der Waals surface area (Å²) in [4.78, 5) is 29.0. The largest absolute Gasteiger partial charge is 0.392 e. The second kappa shape index (κ2) is 25.9. The van der Waals surface area contributed by atoms with E-state index in [2.05, 4.69) is 132 Å². The van der Waals surface area contributed by atoms with Crippen LogP contribution in [0.3, 0.4) is 0 Å². The maximum Gasteiger partial charge on any atom is 0.241 e. The molecule has 9 heterocycles. The molecule has 0 aromatic heterocycles. The van der Waals surface area contributed by atoms with Crippen LogP contribution < -0.4 is 21.3 Å². The summed E-state index contributed by atoms with van der Waals surface area (Å²) in [6.07, 6.45) is 6.12. The Labute approximate surface area is 385 Å². The number of hydrogen-bond donors (Lipinski definition) is 5. The Hall–Kier alpha value is -1.05. The fraction of sp³-hybridized carbons (Fsp3) is 0.979. The highest BCUT2D eigenvalue weighted by Gasteiger charge is 2.44. The summed E-state index contributed by atoms with van der Waals surface area (Å²) in [5, 5.41) is 22.8. The van der Waals surface area contributed by atoms with E-state index in [1.54, 1.807) is 0 Å². The lowest BCUT2D eigenvalue weighted by atomic mass is 9.87. The van der Waals surface area contributed by atoms with Crippen molar-refractivity contribution in [2.45, 2.75) is 174 Å². The zero-order chi connectivity index (χ0) is 45.7. The summed E-state index contributed by atoms with van der Waals surface area (Å²) >= 11 is 0. The van der Waals surface area contributed by atoms with E-state index in [1.807, 2.05) is 0 Å². The predicted octanol–water partition coefficient (Wildman–Crippen LogP) is 1.61. The van der Waals surface area contributed by atoms with E-state index in [1.165, 1.54) is 58.7 Å². The van der Waals surface area contributed by atoms with Crippen molar-refractivity contribution in [1.29, 1.82) is 0 Å². The van der Waals surface area contributed by atoms with Crippen molar-refractivity contribution in [1.82, 2.24) is 55.6 Å². The molecule has 9 aliphatic rings. The highest BCUT2D eigenvalue weighted by molar-refractivity contribution is 5.88. The monoisotopic (exact) mass is 892 g/mol. The zero-order valence-electron chi connectivity index (χ0n) is 42.1. The Morgan fingerprint density at radius 3 is 1.51 bits per heavy atom. The zero-order valence-corrected chi connectivity index (χ0v) is 42.1. The topological polar surface area (TPSA) is 127 Å². The molecule has 0 bridgehead atoms. The summed E-state index contributed by atoms with van der Waals surface area (Å²) < 4.78 is 11.4. The number of likely N-dealkylation sites (tertiary alicyclic amines) is 3. The third-order valence-electron chi connectivity index (χ3n) is 15.4. The van der Waals surface area contributed by atoms with Crippen LogP contribution in [0.2, 0.25) is 0 Å². The van der Waals surface area contributed by atoms with Gasteiger partial charge in [0, 0.05) is 153 Å². The SMILES string of the molecule is CC(C)N1CCC2(CC1)NCNC2=O.CC(C)N1CCN(C)CC1.CC(C)N1CCN2C[C@H](O)C[C@H]2C1.CC(C)N1CC[C@@H]2OCCN[C@H]2C1.CC(C)N1CC[C@H]2OCCN[C@@H]2C1. The number of piperazine rings is 2. The van der Waals surface area contributed by atoms with Crippen molar-refractivity contribution in [3.8, 4) is 0 Å². The molecule has 5 N–H and O–H groups in total. The van der Waals surface area contributed by atoms with E-state index in [4.69, 9.17) is 9.47 Å². The van der Waals surface area contributed by atoms with Gasteiger partial charge in [0.15, 0.2) is 0 Å². The minimum atomic E-state index is -0.245. The molecule has 368 valence electrons. The van der Waals surface area contributed by atoms with Gasteiger partial charge in [-0.05, 0) is 108 Å². The molecule has 15 nitrogen and oxygen atoms in total. The first-order valence-corrected chi connectivity index (χ1v) is 25.6. The number of ether oxygens (including phenoxy) is 2. The van der Waals surface area contributed by atoms with E-state index < -0.39 is 0 Å². The average molecular weight is 892 g/mol. The van der Waals surface area contributed by atoms with Gasteiger partial charge in [-0.2, -0.15) is 0 Å². The number of likely N-dealkylation sites (N-methyl/N-ethyl adjacent to an activating group) is 1. The van der Waals surface area contributed by atoms with Gasteiger partial charge in [-0.15, -0.1) is 0 Å². The Morgan fingerprint density at radius 1 is 0.587 bits per heavy atom. The Kier molecular flexibility index (Phi) is 21.8. The van der Waals surface area contributed by atoms with Gasteiger partial charge >= 0.3 is 0 Å². The van der Waals surface area contributed by atoms with Crippen LogP contribution in [0.1, 0.15) is 101 Å². The van der Waals surface area contributed by atoms with Crippen LogP contribution in [0.25, 0.3) is 0 Å². The number of aliphatic hydroxyl groups excluding tert-OH is 1. The standard InChI is InChI=1S/C10H19N3O.3C10H20N2O.C8H18N2/c1-8(2)13-5-3-10(4-6-13)9(14)11-7-12-10;2*1-8(2)12-5-3-10-9(7-12)11-4-6-13-10;1-8(2)11-3-4-12-7-10(13)5-9(12)6-11;1-8(2)10-6-4-9(3)5-7-10/h8,12H,3-7H2,1-2H3,(H,11,14);2*8-11H,3-7H2,1-2H3;8-10,13H,3-7H2,1-2H3;8H,4-7H2,1-3H3/t;2*9-,10-;9-,10+;/m.100./s1. The van der Waals surface area contributed by atoms with Crippen molar-refractivity contribution in [3.63, 3.8) is 0 Å². The number of piperidine rings is 3. The summed E-state index contributed by atoms with van der Waals surface area (Å²) in [5.41, 5.74) is -0.245. The minimum absolute atomic E-state index is 0.0721. The fourth-order valence-corrected chi connectivity index (χ4v) is 10.8. The van der Waals surface area contributed by atoms with Crippen LogP contribution in [0, 0.1) is 0 Å². The fourth-order valence-electron chi connectivity index (χ4n) is 10.8. The summed E-state index contributed by atoms with van der Waals surface area (Å²) in [6, 6.07) is 5.08. The second-order valence-corrected chi connectivity index (χ2v) is 21.3. The molecule has 63 heavy (non-hydrogen) atoms. The summed E-state index contributed by atoms with van der Waals surface area (Å²) in [6.45, 7) is 43.1. The lowest BCUT2D eigenvalue weighted by Crippen LogP contribution is -2.59. The maximum atomic E-state index is 11.6. The van der Waals surface area contributed by atoms with Gasteiger partial charge in [0.05, 0.1) is 38.2 Å². The number of carbonyl (C=O) groups is 1. The molecule has 0 aliphatic carbocycles. The van der Waals surface area contributed by atoms with Gasteiger partial charge in [0.25, 0.3) is 0 Å². The normalized spacial score (nSPS) is 32.4. The number of aliphatic hydroxyl groups is 1. The van der Waals surface area contributed by atoms with Crippen molar-refractivity contribution in [2.24, 2.45) is 0 Å². The van der Waals surface area contributed by atoms with Crippen molar-refractivity contribution in [3.05, 3.63) is 0 Å². The Morgan fingerprint density at radius 2 is 1.05 bits per heavy atom.